The third kappa shape index (κ3) is 37.7. The molecule has 0 amide bonds. The van der Waals surface area contributed by atoms with Crippen molar-refractivity contribution in [1.29, 1.82) is 0 Å². The van der Waals surface area contributed by atoms with Gasteiger partial charge in [-0.3, -0.25) is 0 Å². The minimum atomic E-state index is 0. The van der Waals surface area contributed by atoms with Crippen LogP contribution in [0.1, 0.15) is 0 Å². The van der Waals surface area contributed by atoms with E-state index in [2.05, 4.69) is 6.58 Å². The molecule has 38 valence electrons. The fraction of sp³-hybridized carbons (Fsp3) is 0. The van der Waals surface area contributed by atoms with Gasteiger partial charge in [-0.05, 0) is 6.29 Å². The number of allylic oxidation sites excluding steroid dienone is 1. The van der Waals surface area contributed by atoms with Gasteiger partial charge in [0.05, 0.1) is 0 Å². The molecule has 0 atom stereocenters. The van der Waals surface area contributed by atoms with Crippen LogP contribution < -0.4 is 0 Å². The summed E-state index contributed by atoms with van der Waals surface area (Å²) >= 11 is 0. The largest absolute Gasteiger partial charge is 0.419 e. The van der Waals surface area contributed by atoms with E-state index < -0.39 is 0 Å². The molecule has 0 aromatic heterocycles. The zero-order valence-electron chi connectivity index (χ0n) is 3.72. The molecular weight excluding hydrogens is 183 g/mol. The summed E-state index contributed by atoms with van der Waals surface area (Å²) in [6.07, 6.45) is 2.51. The van der Waals surface area contributed by atoms with Gasteiger partial charge in [0.1, 0.15) is 0 Å². The van der Waals surface area contributed by atoms with Gasteiger partial charge in [-0.25, -0.2) is 12.7 Å². The zero-order valence-corrected chi connectivity index (χ0v) is 7.68. The Morgan fingerprint density at radius 2 is 1.71 bits per heavy atom. The molecule has 2 radical (unpaired) electrons. The van der Waals surface area contributed by atoms with Crippen LogP contribution in [0.15, 0.2) is 12.7 Å². The van der Waals surface area contributed by atoms with E-state index in [4.69, 9.17) is 4.79 Å². The van der Waals surface area contributed by atoms with Crippen molar-refractivity contribution in [3.8, 4) is 0 Å². The quantitative estimate of drug-likeness (QED) is 0.317. The standard InChI is InChI=1S/C3H3O.Mg.Ni.Ti/c1-2-3-4;;;/h2H,1H2;;;/q-1;;;. The van der Waals surface area contributed by atoms with Crippen LogP contribution in [-0.4, -0.2) is 29.3 Å². The molecule has 7 heavy (non-hydrogen) atoms. The van der Waals surface area contributed by atoms with Crippen LogP contribution in [0.4, 0.5) is 0 Å². The molecule has 0 aliphatic carbocycles. The molecule has 0 spiro atoms. The zero-order chi connectivity index (χ0) is 3.41. The van der Waals surface area contributed by atoms with Gasteiger partial charge in [0.25, 0.3) is 0 Å². The summed E-state index contributed by atoms with van der Waals surface area (Å²) in [6.45, 7) is 3.06. The summed E-state index contributed by atoms with van der Waals surface area (Å²) in [5.74, 6) is 0. The monoisotopic (exact) mass is 185 g/mol. The van der Waals surface area contributed by atoms with E-state index >= 15 is 0 Å². The molecule has 0 N–H and O–H groups in total. The Labute approximate surface area is 84.3 Å². The number of rotatable bonds is 1. The minimum Gasteiger partial charge on any atom is -0.419 e. The molecule has 0 heterocycles. The van der Waals surface area contributed by atoms with Gasteiger partial charge in [0.2, 0.25) is 0 Å². The smallest absolute Gasteiger partial charge is 0 e. The first-order valence-electron chi connectivity index (χ1n) is 0.901. The Morgan fingerprint density at radius 3 is 1.71 bits per heavy atom. The van der Waals surface area contributed by atoms with Crippen LogP contribution in [-0.2, 0) is 43.0 Å². The van der Waals surface area contributed by atoms with Gasteiger partial charge in [0, 0.05) is 61.3 Å². The second-order valence-electron chi connectivity index (χ2n) is 0.322. The van der Waals surface area contributed by atoms with Crippen molar-refractivity contribution < 1.29 is 43.0 Å². The van der Waals surface area contributed by atoms with Crippen LogP contribution in [0.5, 0.6) is 0 Å². The minimum absolute atomic E-state index is 0. The topological polar surface area (TPSA) is 17.1 Å². The maximum Gasteiger partial charge on any atom is 0 e. The van der Waals surface area contributed by atoms with Gasteiger partial charge >= 0.3 is 0 Å². The van der Waals surface area contributed by atoms with Gasteiger partial charge in [-0.1, -0.05) is 0 Å². The van der Waals surface area contributed by atoms with Crippen LogP contribution in [0, 0.1) is 0 Å². The Hall–Kier alpha value is 1.38. The van der Waals surface area contributed by atoms with Crippen LogP contribution >= 0.6 is 0 Å². The first-order chi connectivity index (χ1) is 1.91. The van der Waals surface area contributed by atoms with Crippen LogP contribution in [0.3, 0.4) is 0 Å². The molecule has 0 aromatic carbocycles. The third-order valence-electron chi connectivity index (χ3n) is 0.0833. The van der Waals surface area contributed by atoms with E-state index in [-0.39, 0.29) is 61.3 Å². The Balaban J connectivity index is -0.0000000150. The van der Waals surface area contributed by atoms with Crippen molar-refractivity contribution in [1.82, 2.24) is 0 Å². The average molecular weight is 186 g/mol. The number of hydrogen-bond acceptors (Lipinski definition) is 1. The molecule has 4 heteroatoms. The molecule has 0 aliphatic rings. The predicted molar refractivity (Wildman–Crippen MR) is 21.6 cm³/mol. The molecular formula is C3H3MgNiOTi-. The molecule has 0 saturated heterocycles. The van der Waals surface area contributed by atoms with Gasteiger partial charge in [0.15, 0.2) is 0 Å². The summed E-state index contributed by atoms with van der Waals surface area (Å²) in [4.78, 5) is 8.93. The first-order valence-corrected chi connectivity index (χ1v) is 0.901. The molecule has 1 nitrogen and oxygen atoms in total. The van der Waals surface area contributed by atoms with E-state index in [9.17, 15) is 0 Å². The normalized spacial score (nSPS) is 2.86. The predicted octanol–water partition coefficient (Wildman–Crippen LogP) is -0.104. The van der Waals surface area contributed by atoms with Crippen LogP contribution in [0.25, 0.3) is 0 Å². The molecule has 0 bridgehead atoms. The van der Waals surface area contributed by atoms with Gasteiger partial charge < -0.3 is 4.79 Å². The molecule has 0 aromatic rings. The van der Waals surface area contributed by atoms with Gasteiger partial charge in [-0.15, -0.1) is 0 Å². The van der Waals surface area contributed by atoms with Crippen molar-refractivity contribution in [2.24, 2.45) is 0 Å². The number of hydrogen-bond donors (Lipinski definition) is 0. The van der Waals surface area contributed by atoms with Crippen molar-refractivity contribution in [2.45, 2.75) is 0 Å². The second-order valence-corrected chi connectivity index (χ2v) is 0.322. The molecule has 0 saturated carbocycles. The average Bonchev–Trinajstić information content (AvgIpc) is 1.37. The summed E-state index contributed by atoms with van der Waals surface area (Å²) in [6, 6.07) is 0. The van der Waals surface area contributed by atoms with E-state index in [0.29, 0.717) is 0 Å². The van der Waals surface area contributed by atoms with E-state index in [1.165, 1.54) is 6.29 Å². The van der Waals surface area contributed by atoms with Crippen LogP contribution in [0.2, 0.25) is 0 Å². The summed E-state index contributed by atoms with van der Waals surface area (Å²) in [5, 5.41) is 0. The van der Waals surface area contributed by atoms with Crippen molar-refractivity contribution in [2.75, 3.05) is 0 Å². The molecule has 0 fully saturated rings. The maximum absolute atomic E-state index is 8.93. The summed E-state index contributed by atoms with van der Waals surface area (Å²) < 4.78 is 0. The Morgan fingerprint density at radius 1 is 1.57 bits per heavy atom. The van der Waals surface area contributed by atoms with Crippen molar-refractivity contribution >= 4 is 29.3 Å². The SMILES string of the molecule is C=C[C-]=O.[Mg].[Ni].[Ti]. The second kappa shape index (κ2) is 26.3. The maximum atomic E-state index is 8.93. The fourth-order valence-electron chi connectivity index (χ4n) is 0. The Bertz CT molecular complexity index is 35.9. The van der Waals surface area contributed by atoms with Gasteiger partial charge in [-0.2, -0.15) is 0 Å². The Kier molecular flexibility index (Phi) is 89.3. The van der Waals surface area contributed by atoms with Crippen molar-refractivity contribution in [3.05, 3.63) is 12.7 Å². The molecule has 0 unspecified atom stereocenters. The third-order valence-corrected chi connectivity index (χ3v) is 0.0833. The van der Waals surface area contributed by atoms with E-state index in [0.717, 1.165) is 6.08 Å². The number of carbonyl (C=O) groups excluding carboxylic acids is 1. The van der Waals surface area contributed by atoms with E-state index in [1.54, 1.807) is 0 Å². The molecule has 0 aliphatic heterocycles. The fourth-order valence-corrected chi connectivity index (χ4v) is 0. The molecule has 0 rings (SSSR count). The summed E-state index contributed by atoms with van der Waals surface area (Å²) in [5.41, 5.74) is 0. The summed E-state index contributed by atoms with van der Waals surface area (Å²) in [7, 11) is 0. The first kappa shape index (κ1) is 23.8. The van der Waals surface area contributed by atoms with Crippen molar-refractivity contribution in [3.63, 3.8) is 0 Å². The van der Waals surface area contributed by atoms with E-state index in [1.807, 2.05) is 0 Å².